The monoisotopic (exact) mass is 395 g/mol. The van der Waals surface area contributed by atoms with E-state index in [1.807, 2.05) is 43.3 Å². The lowest BCUT2D eigenvalue weighted by Crippen LogP contribution is -2.12. The predicted molar refractivity (Wildman–Crippen MR) is 118 cm³/mol. The molecule has 1 aromatic heterocycles. The fourth-order valence-electron chi connectivity index (χ4n) is 2.95. The molecule has 0 saturated heterocycles. The summed E-state index contributed by atoms with van der Waals surface area (Å²) in [5.41, 5.74) is 5.53. The second-order valence-electron chi connectivity index (χ2n) is 7.02. The molecule has 0 fully saturated rings. The standard InChI is InChI=1S/C25H21N3O2/c1-17-7-9-19(10-8-17)21-15-26-25(27-16-21)30-22-13-11-20(12-14-22)24(29)28-23-6-4-3-5-18(23)2/h3-16H,1-2H3,(H,28,29). The van der Waals surface area contributed by atoms with Gasteiger partial charge in [-0.2, -0.15) is 0 Å². The fourth-order valence-corrected chi connectivity index (χ4v) is 2.95. The molecule has 30 heavy (non-hydrogen) atoms. The van der Waals surface area contributed by atoms with Crippen molar-refractivity contribution >= 4 is 11.6 Å². The number of aryl methyl sites for hydroxylation is 2. The summed E-state index contributed by atoms with van der Waals surface area (Å²) in [7, 11) is 0. The summed E-state index contributed by atoms with van der Waals surface area (Å²) in [5.74, 6) is 0.389. The molecule has 4 aromatic rings. The van der Waals surface area contributed by atoms with E-state index in [-0.39, 0.29) is 11.9 Å². The summed E-state index contributed by atoms with van der Waals surface area (Å²) in [6.45, 7) is 4.01. The molecule has 0 unspecified atom stereocenters. The lowest BCUT2D eigenvalue weighted by atomic mass is 10.1. The van der Waals surface area contributed by atoms with Gasteiger partial charge in [-0.25, -0.2) is 9.97 Å². The van der Waals surface area contributed by atoms with Crippen LogP contribution in [-0.2, 0) is 0 Å². The minimum absolute atomic E-state index is 0.172. The minimum Gasteiger partial charge on any atom is -0.424 e. The van der Waals surface area contributed by atoms with Crippen LogP contribution in [-0.4, -0.2) is 15.9 Å². The topological polar surface area (TPSA) is 64.1 Å². The molecule has 0 aliphatic carbocycles. The van der Waals surface area contributed by atoms with Gasteiger partial charge in [0.25, 0.3) is 5.91 Å². The normalized spacial score (nSPS) is 10.5. The van der Waals surface area contributed by atoms with Gasteiger partial charge < -0.3 is 10.1 Å². The highest BCUT2D eigenvalue weighted by Gasteiger charge is 2.09. The molecule has 0 radical (unpaired) electrons. The lowest BCUT2D eigenvalue weighted by molar-refractivity contribution is 0.102. The van der Waals surface area contributed by atoms with Gasteiger partial charge in [-0.05, 0) is 55.3 Å². The van der Waals surface area contributed by atoms with Crippen LogP contribution in [0.2, 0.25) is 0 Å². The molecule has 0 spiro atoms. The van der Waals surface area contributed by atoms with Gasteiger partial charge in [-0.15, -0.1) is 0 Å². The van der Waals surface area contributed by atoms with Crippen molar-refractivity contribution in [2.75, 3.05) is 5.32 Å². The van der Waals surface area contributed by atoms with Crippen LogP contribution < -0.4 is 10.1 Å². The SMILES string of the molecule is Cc1ccc(-c2cnc(Oc3ccc(C(=O)Nc4ccccc4C)cc3)nc2)cc1. The number of hydrogen-bond donors (Lipinski definition) is 1. The van der Waals surface area contributed by atoms with Gasteiger partial charge in [0.15, 0.2) is 0 Å². The van der Waals surface area contributed by atoms with Crippen LogP contribution in [0.4, 0.5) is 5.69 Å². The third kappa shape index (κ3) is 4.52. The molecule has 0 bridgehead atoms. The molecule has 0 saturated carbocycles. The van der Waals surface area contributed by atoms with Crippen molar-refractivity contribution in [2.45, 2.75) is 13.8 Å². The molecule has 4 rings (SSSR count). The first kappa shape index (κ1) is 19.3. The predicted octanol–water partition coefficient (Wildman–Crippen LogP) is 5.81. The number of rotatable bonds is 5. The summed E-state index contributed by atoms with van der Waals surface area (Å²) in [5, 5.41) is 2.92. The van der Waals surface area contributed by atoms with E-state index in [0.29, 0.717) is 11.3 Å². The van der Waals surface area contributed by atoms with E-state index in [0.717, 1.165) is 22.4 Å². The summed E-state index contributed by atoms with van der Waals surface area (Å²) in [4.78, 5) is 21.0. The van der Waals surface area contributed by atoms with Crippen LogP contribution >= 0.6 is 0 Å². The molecule has 5 nitrogen and oxygen atoms in total. The van der Waals surface area contributed by atoms with Gasteiger partial charge in [0.1, 0.15) is 5.75 Å². The van der Waals surface area contributed by atoms with Crippen molar-refractivity contribution in [3.05, 3.63) is 102 Å². The summed E-state index contributed by atoms with van der Waals surface area (Å²) in [6.07, 6.45) is 3.47. The Morgan fingerprint density at radius 3 is 2.13 bits per heavy atom. The smallest absolute Gasteiger partial charge is 0.321 e. The highest BCUT2D eigenvalue weighted by molar-refractivity contribution is 6.04. The van der Waals surface area contributed by atoms with Crippen LogP contribution in [0.3, 0.4) is 0 Å². The third-order valence-electron chi connectivity index (χ3n) is 4.73. The van der Waals surface area contributed by atoms with Crippen molar-refractivity contribution in [1.29, 1.82) is 0 Å². The molecule has 0 aliphatic rings. The zero-order chi connectivity index (χ0) is 20.9. The first-order chi connectivity index (χ1) is 14.6. The first-order valence-electron chi connectivity index (χ1n) is 9.62. The molecular formula is C25H21N3O2. The van der Waals surface area contributed by atoms with E-state index >= 15 is 0 Å². The van der Waals surface area contributed by atoms with Crippen molar-refractivity contribution in [3.63, 3.8) is 0 Å². The summed E-state index contributed by atoms with van der Waals surface area (Å²) in [6, 6.07) is 23.0. The van der Waals surface area contributed by atoms with Gasteiger partial charge in [-0.1, -0.05) is 48.0 Å². The Morgan fingerprint density at radius 2 is 1.47 bits per heavy atom. The largest absolute Gasteiger partial charge is 0.424 e. The molecule has 1 heterocycles. The number of ether oxygens (including phenoxy) is 1. The van der Waals surface area contributed by atoms with Gasteiger partial charge >= 0.3 is 6.01 Å². The number of aromatic nitrogens is 2. The van der Waals surface area contributed by atoms with Gasteiger partial charge in [0.05, 0.1) is 0 Å². The molecule has 0 aliphatic heterocycles. The second-order valence-corrected chi connectivity index (χ2v) is 7.02. The Bertz CT molecular complexity index is 1150. The number of carbonyl (C=O) groups excluding carboxylic acids is 1. The summed E-state index contributed by atoms with van der Waals surface area (Å²) < 4.78 is 5.71. The number of anilines is 1. The average Bonchev–Trinajstić information content (AvgIpc) is 2.77. The number of benzene rings is 3. The minimum atomic E-state index is -0.172. The molecule has 1 amide bonds. The fraction of sp³-hybridized carbons (Fsp3) is 0.0800. The van der Waals surface area contributed by atoms with Crippen molar-refractivity contribution in [1.82, 2.24) is 9.97 Å². The second kappa shape index (κ2) is 8.57. The van der Waals surface area contributed by atoms with Crippen molar-refractivity contribution in [2.24, 2.45) is 0 Å². The molecular weight excluding hydrogens is 374 g/mol. The zero-order valence-electron chi connectivity index (χ0n) is 16.8. The zero-order valence-corrected chi connectivity index (χ0v) is 16.8. The number of carbonyl (C=O) groups is 1. The molecule has 1 N–H and O–H groups in total. The van der Waals surface area contributed by atoms with E-state index < -0.39 is 0 Å². The molecule has 0 atom stereocenters. The Hall–Kier alpha value is -3.99. The maximum Gasteiger partial charge on any atom is 0.321 e. The average molecular weight is 395 g/mol. The van der Waals surface area contributed by atoms with Gasteiger partial charge in [0, 0.05) is 29.2 Å². The van der Waals surface area contributed by atoms with E-state index in [9.17, 15) is 4.79 Å². The first-order valence-corrected chi connectivity index (χ1v) is 9.62. The number of hydrogen-bond acceptors (Lipinski definition) is 4. The quantitative estimate of drug-likeness (QED) is 0.463. The Kier molecular flexibility index (Phi) is 5.52. The van der Waals surface area contributed by atoms with Crippen LogP contribution in [0.5, 0.6) is 11.8 Å². The number of nitrogens with zero attached hydrogens (tertiary/aromatic N) is 2. The number of para-hydroxylation sites is 1. The maximum atomic E-state index is 12.5. The molecule has 5 heteroatoms. The lowest BCUT2D eigenvalue weighted by Gasteiger charge is -2.09. The van der Waals surface area contributed by atoms with Crippen molar-refractivity contribution in [3.8, 4) is 22.9 Å². The van der Waals surface area contributed by atoms with Crippen LogP contribution in [0.15, 0.2) is 85.2 Å². The van der Waals surface area contributed by atoms with E-state index in [2.05, 4.69) is 34.3 Å². The van der Waals surface area contributed by atoms with Crippen LogP contribution in [0.25, 0.3) is 11.1 Å². The third-order valence-corrected chi connectivity index (χ3v) is 4.73. The van der Waals surface area contributed by atoms with Crippen molar-refractivity contribution < 1.29 is 9.53 Å². The summed E-state index contributed by atoms with van der Waals surface area (Å²) >= 11 is 0. The number of amides is 1. The van der Waals surface area contributed by atoms with Crippen LogP contribution in [0.1, 0.15) is 21.5 Å². The molecule has 3 aromatic carbocycles. The molecule has 148 valence electrons. The highest BCUT2D eigenvalue weighted by atomic mass is 16.5. The van der Waals surface area contributed by atoms with Gasteiger partial charge in [0.2, 0.25) is 0 Å². The van der Waals surface area contributed by atoms with Crippen LogP contribution in [0, 0.1) is 13.8 Å². The maximum absolute atomic E-state index is 12.5. The van der Waals surface area contributed by atoms with E-state index in [4.69, 9.17) is 4.74 Å². The van der Waals surface area contributed by atoms with E-state index in [1.165, 1.54) is 5.56 Å². The Morgan fingerprint density at radius 1 is 0.800 bits per heavy atom. The highest BCUT2D eigenvalue weighted by Crippen LogP contribution is 2.22. The Balaban J connectivity index is 1.41. The van der Waals surface area contributed by atoms with Gasteiger partial charge in [-0.3, -0.25) is 4.79 Å². The number of nitrogens with one attached hydrogen (secondary N) is 1. The Labute approximate surface area is 175 Å². The van der Waals surface area contributed by atoms with E-state index in [1.54, 1.807) is 36.7 Å².